The first-order valence-corrected chi connectivity index (χ1v) is 8.51. The summed E-state index contributed by atoms with van der Waals surface area (Å²) in [4.78, 5) is 25.5. The fraction of sp³-hybridized carbons (Fsp3) is 0.150. The lowest BCUT2D eigenvalue weighted by Gasteiger charge is -2.09. The lowest BCUT2D eigenvalue weighted by atomic mass is 10.2. The predicted octanol–water partition coefficient (Wildman–Crippen LogP) is 4.97. The molecule has 1 heterocycles. The third-order valence-electron chi connectivity index (χ3n) is 4.50. The number of hydrogen-bond acceptors (Lipinski definition) is 5. The van der Waals surface area contributed by atoms with E-state index in [4.69, 9.17) is 0 Å². The first-order valence-electron chi connectivity index (χ1n) is 8.51. The van der Waals surface area contributed by atoms with Crippen molar-refractivity contribution in [1.82, 2.24) is 4.57 Å². The van der Waals surface area contributed by atoms with Crippen LogP contribution in [0, 0.1) is 41.0 Å². The SMILES string of the molecule is Cc1cc([N+](=O)[O-])ccc1N=Cc1cc(C)n(-c2cccc([N+](=O)[O-])c2)c1C. The monoisotopic (exact) mass is 378 g/mol. The van der Waals surface area contributed by atoms with Crippen LogP contribution in [0.4, 0.5) is 17.1 Å². The number of nitrogens with zero attached hydrogens (tertiary/aromatic N) is 4. The Labute approximate surface area is 161 Å². The van der Waals surface area contributed by atoms with E-state index in [9.17, 15) is 20.2 Å². The van der Waals surface area contributed by atoms with Gasteiger partial charge >= 0.3 is 0 Å². The van der Waals surface area contributed by atoms with Gasteiger partial charge in [-0.3, -0.25) is 25.2 Å². The Morgan fingerprint density at radius 3 is 2.25 bits per heavy atom. The van der Waals surface area contributed by atoms with Crippen LogP contribution in [0.15, 0.2) is 53.5 Å². The van der Waals surface area contributed by atoms with Crippen LogP contribution in [0.2, 0.25) is 0 Å². The molecular weight excluding hydrogens is 360 g/mol. The Morgan fingerprint density at radius 2 is 1.61 bits per heavy atom. The van der Waals surface area contributed by atoms with Gasteiger partial charge in [-0.05, 0) is 44.5 Å². The summed E-state index contributed by atoms with van der Waals surface area (Å²) in [6.45, 7) is 5.60. The highest BCUT2D eigenvalue weighted by molar-refractivity contribution is 5.84. The molecule has 8 nitrogen and oxygen atoms in total. The van der Waals surface area contributed by atoms with Crippen molar-refractivity contribution < 1.29 is 9.85 Å². The molecule has 0 radical (unpaired) electrons. The lowest BCUT2D eigenvalue weighted by Crippen LogP contribution is -2.00. The summed E-state index contributed by atoms with van der Waals surface area (Å²) in [7, 11) is 0. The van der Waals surface area contributed by atoms with Gasteiger partial charge in [-0.2, -0.15) is 0 Å². The maximum Gasteiger partial charge on any atom is 0.271 e. The van der Waals surface area contributed by atoms with Crippen LogP contribution in [0.25, 0.3) is 5.69 Å². The minimum Gasteiger partial charge on any atom is -0.318 e. The van der Waals surface area contributed by atoms with Gasteiger partial charge in [-0.15, -0.1) is 0 Å². The summed E-state index contributed by atoms with van der Waals surface area (Å²) in [5, 5.41) is 21.9. The Bertz CT molecular complexity index is 1120. The molecule has 8 heteroatoms. The van der Waals surface area contributed by atoms with E-state index >= 15 is 0 Å². The molecular formula is C20H18N4O4. The zero-order valence-corrected chi connectivity index (χ0v) is 15.6. The first kappa shape index (κ1) is 19.0. The molecule has 142 valence electrons. The van der Waals surface area contributed by atoms with Gasteiger partial charge in [0.2, 0.25) is 0 Å². The van der Waals surface area contributed by atoms with E-state index in [2.05, 4.69) is 4.99 Å². The van der Waals surface area contributed by atoms with Crippen LogP contribution in [0.5, 0.6) is 0 Å². The van der Waals surface area contributed by atoms with Crippen molar-refractivity contribution in [2.45, 2.75) is 20.8 Å². The molecule has 0 aliphatic rings. The van der Waals surface area contributed by atoms with Gasteiger partial charge in [0.15, 0.2) is 0 Å². The minimum absolute atomic E-state index is 0.0281. The predicted molar refractivity (Wildman–Crippen MR) is 107 cm³/mol. The van der Waals surface area contributed by atoms with E-state index in [0.717, 1.165) is 17.0 Å². The summed E-state index contributed by atoms with van der Waals surface area (Å²) in [6, 6.07) is 12.9. The molecule has 28 heavy (non-hydrogen) atoms. The number of benzene rings is 2. The van der Waals surface area contributed by atoms with Crippen molar-refractivity contribution in [2.75, 3.05) is 0 Å². The van der Waals surface area contributed by atoms with Gasteiger partial charge in [0.05, 0.1) is 21.2 Å². The molecule has 0 spiro atoms. The fourth-order valence-corrected chi connectivity index (χ4v) is 3.10. The highest BCUT2D eigenvalue weighted by Crippen LogP contribution is 2.26. The third kappa shape index (κ3) is 3.66. The van der Waals surface area contributed by atoms with Crippen molar-refractivity contribution in [3.63, 3.8) is 0 Å². The van der Waals surface area contributed by atoms with Crippen LogP contribution in [0.1, 0.15) is 22.5 Å². The van der Waals surface area contributed by atoms with Crippen molar-refractivity contribution in [2.24, 2.45) is 4.99 Å². The van der Waals surface area contributed by atoms with Crippen LogP contribution >= 0.6 is 0 Å². The lowest BCUT2D eigenvalue weighted by molar-refractivity contribution is -0.385. The van der Waals surface area contributed by atoms with Crippen LogP contribution < -0.4 is 0 Å². The number of rotatable bonds is 5. The van der Waals surface area contributed by atoms with E-state index in [0.29, 0.717) is 16.9 Å². The average molecular weight is 378 g/mol. The quantitative estimate of drug-likeness (QED) is 0.355. The molecule has 0 bridgehead atoms. The Hall–Kier alpha value is -3.81. The molecule has 0 atom stereocenters. The van der Waals surface area contributed by atoms with Crippen LogP contribution in [-0.2, 0) is 0 Å². The summed E-state index contributed by atoms with van der Waals surface area (Å²) >= 11 is 0. The second-order valence-corrected chi connectivity index (χ2v) is 6.42. The minimum atomic E-state index is -0.437. The molecule has 2 aromatic carbocycles. The molecule has 0 N–H and O–H groups in total. The van der Waals surface area contributed by atoms with Crippen LogP contribution in [-0.4, -0.2) is 20.6 Å². The molecule has 3 aromatic rings. The number of aryl methyl sites for hydroxylation is 2. The first-order chi connectivity index (χ1) is 13.3. The summed E-state index contributed by atoms with van der Waals surface area (Å²) in [5.74, 6) is 0. The molecule has 0 fully saturated rings. The number of nitro groups is 2. The zero-order valence-electron chi connectivity index (χ0n) is 15.6. The number of aliphatic imine (C=N–C) groups is 1. The van der Waals surface area contributed by atoms with Crippen molar-refractivity contribution in [1.29, 1.82) is 0 Å². The molecule has 0 aliphatic carbocycles. The summed E-state index contributed by atoms with van der Waals surface area (Å²) < 4.78 is 1.93. The van der Waals surface area contributed by atoms with Gasteiger partial charge in [-0.1, -0.05) is 6.07 Å². The molecule has 0 saturated carbocycles. The zero-order chi connectivity index (χ0) is 20.4. The molecule has 0 saturated heterocycles. The van der Waals surface area contributed by atoms with E-state index in [-0.39, 0.29) is 11.4 Å². The Balaban J connectivity index is 1.96. The van der Waals surface area contributed by atoms with Crippen molar-refractivity contribution in [3.05, 3.63) is 91.3 Å². The van der Waals surface area contributed by atoms with E-state index in [1.165, 1.54) is 24.3 Å². The summed E-state index contributed by atoms with van der Waals surface area (Å²) in [5.41, 5.74) is 4.78. The summed E-state index contributed by atoms with van der Waals surface area (Å²) in [6.07, 6.45) is 1.70. The molecule has 0 amide bonds. The van der Waals surface area contributed by atoms with E-state index < -0.39 is 9.85 Å². The second kappa shape index (κ2) is 7.43. The van der Waals surface area contributed by atoms with Crippen molar-refractivity contribution >= 4 is 23.3 Å². The number of non-ortho nitro benzene ring substituents is 2. The topological polar surface area (TPSA) is 104 Å². The average Bonchev–Trinajstić information content (AvgIpc) is 2.94. The maximum absolute atomic E-state index is 11.0. The van der Waals surface area contributed by atoms with Gasteiger partial charge in [-0.25, -0.2) is 0 Å². The molecule has 0 aliphatic heterocycles. The van der Waals surface area contributed by atoms with E-state index in [1.807, 2.05) is 30.5 Å². The van der Waals surface area contributed by atoms with Crippen LogP contribution in [0.3, 0.4) is 0 Å². The smallest absolute Gasteiger partial charge is 0.271 e. The Kier molecular flexibility index (Phi) is 5.04. The number of aromatic nitrogens is 1. The van der Waals surface area contributed by atoms with Gasteiger partial charge in [0.1, 0.15) is 0 Å². The Morgan fingerprint density at radius 1 is 0.929 bits per heavy atom. The normalized spacial score (nSPS) is 11.1. The molecule has 0 unspecified atom stereocenters. The number of hydrogen-bond donors (Lipinski definition) is 0. The second-order valence-electron chi connectivity index (χ2n) is 6.42. The van der Waals surface area contributed by atoms with Gasteiger partial charge in [0.25, 0.3) is 11.4 Å². The fourth-order valence-electron chi connectivity index (χ4n) is 3.10. The van der Waals surface area contributed by atoms with Crippen molar-refractivity contribution in [3.8, 4) is 5.69 Å². The van der Waals surface area contributed by atoms with Gasteiger partial charge < -0.3 is 4.57 Å². The third-order valence-corrected chi connectivity index (χ3v) is 4.50. The highest BCUT2D eigenvalue weighted by Gasteiger charge is 2.13. The molecule has 3 rings (SSSR count). The molecule has 1 aromatic heterocycles. The standard InChI is InChI=1S/C20H18N4O4/c1-13-9-19(24(27)28)7-8-20(13)21-12-16-10-14(2)22(15(16)3)17-5-4-6-18(11-17)23(25)26/h4-12H,1-3H3. The van der Waals surface area contributed by atoms with Gasteiger partial charge in [0, 0.05) is 47.4 Å². The van der Waals surface area contributed by atoms with E-state index in [1.54, 1.807) is 25.3 Å². The maximum atomic E-state index is 11.0. The largest absolute Gasteiger partial charge is 0.318 e. The number of nitro benzene ring substituents is 2. The highest BCUT2D eigenvalue weighted by atomic mass is 16.6.